The molecule has 6 nitrogen and oxygen atoms in total. The molecule has 0 aliphatic rings. The van der Waals surface area contributed by atoms with Crippen LogP contribution < -0.4 is 0 Å². The molecule has 0 aliphatic carbocycles. The van der Waals surface area contributed by atoms with E-state index in [2.05, 4.69) is 9.97 Å². The molecule has 2 aromatic heterocycles. The molecule has 2 aromatic rings. The van der Waals surface area contributed by atoms with E-state index in [4.69, 9.17) is 0 Å². The predicted octanol–water partition coefficient (Wildman–Crippen LogP) is 0.523. The molecule has 0 aromatic carbocycles. The second kappa shape index (κ2) is 4.87. The molecule has 0 saturated carbocycles. The molecule has 0 amide bonds. The molecule has 0 spiro atoms. The van der Waals surface area contributed by atoms with Crippen LogP contribution >= 0.6 is 0 Å². The van der Waals surface area contributed by atoms with Gasteiger partial charge in [-0.1, -0.05) is 6.07 Å². The minimum atomic E-state index is -3.52. The van der Waals surface area contributed by atoms with Gasteiger partial charge in [0.25, 0.3) is 0 Å². The first-order valence-electron chi connectivity index (χ1n) is 5.37. The number of imidazole rings is 1. The monoisotopic (exact) mass is 266 g/mol. The third kappa shape index (κ3) is 2.41. The smallest absolute Gasteiger partial charge is 0.261 e. The van der Waals surface area contributed by atoms with Crippen molar-refractivity contribution in [2.24, 2.45) is 0 Å². The van der Waals surface area contributed by atoms with E-state index in [9.17, 15) is 8.42 Å². The van der Waals surface area contributed by atoms with Crippen LogP contribution in [0.5, 0.6) is 0 Å². The number of hydrogen-bond acceptors (Lipinski definition) is 4. The van der Waals surface area contributed by atoms with E-state index < -0.39 is 10.2 Å². The normalized spacial score (nSPS) is 11.9. The minimum Gasteiger partial charge on any atom is -0.261 e. The lowest BCUT2D eigenvalue weighted by Crippen LogP contribution is -2.29. The summed E-state index contributed by atoms with van der Waals surface area (Å²) in [5, 5.41) is 0. The standard InChI is InChI=1S/C11H14N4O2S/c1-14(2)18(16,17)15-8-7-13-11(15)9-10-5-3-4-6-12-10/h3-8H,9H2,1-2H3. The lowest BCUT2D eigenvalue weighted by Gasteiger charge is -2.14. The highest BCUT2D eigenvalue weighted by Gasteiger charge is 2.19. The van der Waals surface area contributed by atoms with Gasteiger partial charge in [0.15, 0.2) is 0 Å². The van der Waals surface area contributed by atoms with Crippen molar-refractivity contribution in [3.05, 3.63) is 48.3 Å². The van der Waals surface area contributed by atoms with Crippen LogP contribution in [0.15, 0.2) is 36.8 Å². The quantitative estimate of drug-likeness (QED) is 0.809. The molecule has 0 saturated heterocycles. The van der Waals surface area contributed by atoms with E-state index in [0.29, 0.717) is 12.2 Å². The number of nitrogens with zero attached hydrogens (tertiary/aromatic N) is 4. The van der Waals surface area contributed by atoms with Crippen molar-refractivity contribution >= 4 is 10.2 Å². The summed E-state index contributed by atoms with van der Waals surface area (Å²) >= 11 is 0. The molecule has 96 valence electrons. The highest BCUT2D eigenvalue weighted by Crippen LogP contribution is 2.09. The third-order valence-electron chi connectivity index (χ3n) is 2.46. The number of rotatable bonds is 4. The lowest BCUT2D eigenvalue weighted by molar-refractivity contribution is 0.508. The Bertz CT molecular complexity index is 620. The van der Waals surface area contributed by atoms with Crippen molar-refractivity contribution in [3.8, 4) is 0 Å². The van der Waals surface area contributed by atoms with Gasteiger partial charge in [0.1, 0.15) is 5.82 Å². The summed E-state index contributed by atoms with van der Waals surface area (Å²) in [5.74, 6) is 0.447. The van der Waals surface area contributed by atoms with Crippen molar-refractivity contribution in [3.63, 3.8) is 0 Å². The Balaban J connectivity index is 2.35. The van der Waals surface area contributed by atoms with E-state index >= 15 is 0 Å². The highest BCUT2D eigenvalue weighted by atomic mass is 32.2. The molecule has 0 atom stereocenters. The molecule has 0 aliphatic heterocycles. The molecule has 7 heteroatoms. The first-order valence-corrected chi connectivity index (χ1v) is 6.76. The zero-order chi connectivity index (χ0) is 13.2. The average Bonchev–Trinajstić information content (AvgIpc) is 2.79. The molecule has 0 bridgehead atoms. The Morgan fingerprint density at radius 3 is 2.61 bits per heavy atom. The summed E-state index contributed by atoms with van der Waals surface area (Å²) in [6, 6.07) is 5.50. The maximum atomic E-state index is 12.0. The van der Waals surface area contributed by atoms with E-state index in [1.165, 1.54) is 30.5 Å². The first-order chi connectivity index (χ1) is 8.51. The predicted molar refractivity (Wildman–Crippen MR) is 67.3 cm³/mol. The maximum absolute atomic E-state index is 12.0. The van der Waals surface area contributed by atoms with Crippen molar-refractivity contribution in [1.29, 1.82) is 0 Å². The van der Waals surface area contributed by atoms with Crippen LogP contribution in [0.4, 0.5) is 0 Å². The Morgan fingerprint density at radius 2 is 2.00 bits per heavy atom. The molecular weight excluding hydrogens is 252 g/mol. The van der Waals surface area contributed by atoms with Gasteiger partial charge in [-0.3, -0.25) is 4.98 Å². The molecule has 0 unspecified atom stereocenters. The molecular formula is C11H14N4O2S. The number of aromatic nitrogens is 3. The van der Waals surface area contributed by atoms with Crippen LogP contribution in [0.25, 0.3) is 0 Å². The van der Waals surface area contributed by atoms with Gasteiger partial charge >= 0.3 is 10.2 Å². The highest BCUT2D eigenvalue weighted by molar-refractivity contribution is 7.87. The van der Waals surface area contributed by atoms with E-state index in [0.717, 1.165) is 10.00 Å². The summed E-state index contributed by atoms with van der Waals surface area (Å²) in [7, 11) is -0.553. The molecule has 0 fully saturated rings. The third-order valence-corrected chi connectivity index (χ3v) is 4.21. The van der Waals surface area contributed by atoms with Gasteiger partial charge < -0.3 is 0 Å². The Labute approximate surface area is 106 Å². The fourth-order valence-corrected chi connectivity index (χ4v) is 2.44. The van der Waals surface area contributed by atoms with E-state index in [1.54, 1.807) is 6.20 Å². The Hall–Kier alpha value is -1.73. The first kappa shape index (κ1) is 12.7. The van der Waals surface area contributed by atoms with Gasteiger partial charge in [-0.25, -0.2) is 8.96 Å². The van der Waals surface area contributed by atoms with Crippen LogP contribution in [-0.4, -0.2) is 40.8 Å². The van der Waals surface area contributed by atoms with Gasteiger partial charge in [-0.15, -0.1) is 0 Å². The summed E-state index contributed by atoms with van der Waals surface area (Å²) in [5.41, 5.74) is 0.777. The van der Waals surface area contributed by atoms with Gasteiger partial charge in [0.2, 0.25) is 0 Å². The average molecular weight is 266 g/mol. The van der Waals surface area contributed by atoms with E-state index in [-0.39, 0.29) is 0 Å². The largest absolute Gasteiger partial charge is 0.308 e. The van der Waals surface area contributed by atoms with Gasteiger partial charge in [0.05, 0.1) is 0 Å². The zero-order valence-corrected chi connectivity index (χ0v) is 11.0. The van der Waals surface area contributed by atoms with Crippen LogP contribution in [0, 0.1) is 0 Å². The van der Waals surface area contributed by atoms with Gasteiger partial charge in [0, 0.05) is 44.8 Å². The number of hydrogen-bond donors (Lipinski definition) is 0. The molecule has 18 heavy (non-hydrogen) atoms. The number of pyridine rings is 1. The molecule has 2 heterocycles. The van der Waals surface area contributed by atoms with E-state index in [1.807, 2.05) is 18.2 Å². The maximum Gasteiger partial charge on any atom is 0.308 e. The second-order valence-electron chi connectivity index (χ2n) is 3.93. The van der Waals surface area contributed by atoms with Gasteiger partial charge in [-0.05, 0) is 12.1 Å². The van der Waals surface area contributed by atoms with Crippen molar-refractivity contribution in [2.45, 2.75) is 6.42 Å². The van der Waals surface area contributed by atoms with Crippen molar-refractivity contribution in [1.82, 2.24) is 18.2 Å². The van der Waals surface area contributed by atoms with Crippen molar-refractivity contribution < 1.29 is 8.42 Å². The summed E-state index contributed by atoms with van der Waals surface area (Å²) < 4.78 is 26.4. The summed E-state index contributed by atoms with van der Waals surface area (Å²) in [6.45, 7) is 0. The lowest BCUT2D eigenvalue weighted by atomic mass is 10.3. The Kier molecular flexibility index (Phi) is 3.44. The summed E-state index contributed by atoms with van der Waals surface area (Å²) in [6.07, 6.45) is 4.96. The SMILES string of the molecule is CN(C)S(=O)(=O)n1ccnc1Cc1ccccn1. The molecule has 0 radical (unpaired) electrons. The second-order valence-corrected chi connectivity index (χ2v) is 5.95. The zero-order valence-electron chi connectivity index (χ0n) is 10.2. The molecule has 0 N–H and O–H groups in total. The van der Waals surface area contributed by atoms with Crippen LogP contribution in [0.3, 0.4) is 0 Å². The van der Waals surface area contributed by atoms with Crippen LogP contribution in [0.2, 0.25) is 0 Å². The molecule has 2 rings (SSSR count). The fourth-order valence-electron chi connectivity index (χ4n) is 1.50. The fraction of sp³-hybridized carbons (Fsp3) is 0.273. The Morgan fingerprint density at radius 1 is 1.22 bits per heavy atom. The summed E-state index contributed by atoms with van der Waals surface area (Å²) in [4.78, 5) is 8.24. The van der Waals surface area contributed by atoms with Crippen LogP contribution in [-0.2, 0) is 16.6 Å². The van der Waals surface area contributed by atoms with Crippen LogP contribution in [0.1, 0.15) is 11.5 Å². The van der Waals surface area contributed by atoms with Crippen molar-refractivity contribution in [2.75, 3.05) is 14.1 Å². The minimum absolute atomic E-state index is 0.376. The van der Waals surface area contributed by atoms with Gasteiger partial charge in [-0.2, -0.15) is 12.7 Å². The topological polar surface area (TPSA) is 68.1 Å².